The molecule has 0 bridgehead atoms. The maximum Gasteiger partial charge on any atom is 0.233 e. The Bertz CT molecular complexity index is 424. The summed E-state index contributed by atoms with van der Waals surface area (Å²) in [7, 11) is 0. The summed E-state index contributed by atoms with van der Waals surface area (Å²) in [5, 5.41) is 6.49. The molecule has 2 aliphatic heterocycles. The molecule has 2 aliphatic rings. The number of fused-ring (bicyclic) bond motifs is 1. The number of thioether (sulfide) groups is 1. The quantitative estimate of drug-likeness (QED) is 0.895. The van der Waals surface area contributed by atoms with E-state index in [-0.39, 0.29) is 23.6 Å². The van der Waals surface area contributed by atoms with Crippen LogP contribution in [-0.4, -0.2) is 30.8 Å². The van der Waals surface area contributed by atoms with Gasteiger partial charge in [0, 0.05) is 11.4 Å². The third-order valence-electron chi connectivity index (χ3n) is 3.67. The van der Waals surface area contributed by atoms with Crippen LogP contribution in [0.2, 0.25) is 0 Å². The number of amides is 1. The van der Waals surface area contributed by atoms with Gasteiger partial charge in [-0.15, -0.1) is 24.2 Å². The number of rotatable bonds is 3. The van der Waals surface area contributed by atoms with Crippen molar-refractivity contribution in [3.05, 3.63) is 29.8 Å². The molecule has 3 rings (SSSR count). The Kier molecular flexibility index (Phi) is 5.13. The molecule has 0 aliphatic carbocycles. The van der Waals surface area contributed by atoms with E-state index in [4.69, 9.17) is 0 Å². The van der Waals surface area contributed by atoms with E-state index in [2.05, 4.69) is 22.8 Å². The summed E-state index contributed by atoms with van der Waals surface area (Å²) < 4.78 is 0. The topological polar surface area (TPSA) is 41.1 Å². The van der Waals surface area contributed by atoms with Crippen molar-refractivity contribution in [1.82, 2.24) is 10.6 Å². The molecule has 2 unspecified atom stereocenters. The van der Waals surface area contributed by atoms with Crippen LogP contribution >= 0.6 is 24.2 Å². The van der Waals surface area contributed by atoms with Crippen molar-refractivity contribution < 1.29 is 4.79 Å². The third kappa shape index (κ3) is 3.44. The smallest absolute Gasteiger partial charge is 0.233 e. The van der Waals surface area contributed by atoms with Crippen molar-refractivity contribution in [2.24, 2.45) is 5.92 Å². The van der Waals surface area contributed by atoms with E-state index in [1.807, 2.05) is 12.1 Å². The fourth-order valence-electron chi connectivity index (χ4n) is 2.58. The summed E-state index contributed by atoms with van der Waals surface area (Å²) in [6, 6.07) is 8.31. The first kappa shape index (κ1) is 14.7. The van der Waals surface area contributed by atoms with Crippen molar-refractivity contribution in [1.29, 1.82) is 0 Å². The maximum absolute atomic E-state index is 12.1. The molecule has 104 valence electrons. The largest absolute Gasteiger partial charge is 0.355 e. The molecule has 1 aromatic rings. The van der Waals surface area contributed by atoms with Gasteiger partial charge >= 0.3 is 0 Å². The van der Waals surface area contributed by atoms with Crippen LogP contribution in [0.15, 0.2) is 29.2 Å². The van der Waals surface area contributed by atoms with Crippen molar-refractivity contribution >= 4 is 30.1 Å². The molecule has 1 fully saturated rings. The fraction of sp³-hybridized carbons (Fsp3) is 0.500. The van der Waals surface area contributed by atoms with Crippen molar-refractivity contribution in [3.63, 3.8) is 0 Å². The Hall–Kier alpha value is -0.710. The number of benzene rings is 1. The van der Waals surface area contributed by atoms with Gasteiger partial charge in [0.05, 0.1) is 5.25 Å². The second-order valence-electron chi connectivity index (χ2n) is 5.02. The monoisotopic (exact) mass is 298 g/mol. The first-order valence-corrected chi connectivity index (χ1v) is 7.44. The Morgan fingerprint density at radius 1 is 1.42 bits per heavy atom. The number of hydrogen-bond acceptors (Lipinski definition) is 3. The normalized spacial score (nSPS) is 24.6. The predicted octanol–water partition coefficient (Wildman–Crippen LogP) is 1.85. The van der Waals surface area contributed by atoms with E-state index in [0.29, 0.717) is 5.92 Å². The van der Waals surface area contributed by atoms with Gasteiger partial charge in [-0.05, 0) is 43.5 Å². The minimum atomic E-state index is 0. The molecule has 0 saturated carbocycles. The van der Waals surface area contributed by atoms with Crippen LogP contribution in [0.5, 0.6) is 0 Å². The molecular formula is C14H19ClN2OS. The summed E-state index contributed by atoms with van der Waals surface area (Å²) >= 11 is 1.70. The minimum absolute atomic E-state index is 0. The second kappa shape index (κ2) is 6.64. The number of halogens is 1. The zero-order chi connectivity index (χ0) is 12.4. The number of carbonyl (C=O) groups excluding carboxylic acids is 1. The van der Waals surface area contributed by atoms with Gasteiger partial charge in [0.15, 0.2) is 0 Å². The molecule has 2 atom stereocenters. The van der Waals surface area contributed by atoms with Gasteiger partial charge in [-0.3, -0.25) is 4.79 Å². The van der Waals surface area contributed by atoms with Crippen LogP contribution in [0.4, 0.5) is 0 Å². The van der Waals surface area contributed by atoms with Crippen molar-refractivity contribution in [3.8, 4) is 0 Å². The van der Waals surface area contributed by atoms with Gasteiger partial charge in [0.25, 0.3) is 0 Å². The first-order chi connectivity index (χ1) is 8.83. The molecule has 0 aromatic heterocycles. The molecular weight excluding hydrogens is 280 g/mol. The molecule has 0 radical (unpaired) electrons. The average molecular weight is 299 g/mol. The number of hydrogen-bond donors (Lipinski definition) is 2. The second-order valence-corrected chi connectivity index (χ2v) is 6.27. The fourth-order valence-corrected chi connectivity index (χ4v) is 3.80. The van der Waals surface area contributed by atoms with E-state index in [1.54, 1.807) is 11.8 Å². The zero-order valence-electron chi connectivity index (χ0n) is 10.7. The van der Waals surface area contributed by atoms with E-state index in [0.717, 1.165) is 26.1 Å². The standard InChI is InChI=1S/C14H18N2OS.ClH/c17-14(16-9-10-5-6-15-8-10)13-7-11-3-1-2-4-12(11)18-13;/h1-4,10,13,15H,5-9H2,(H,16,17);1H. The highest BCUT2D eigenvalue weighted by Gasteiger charge is 2.28. The Labute approximate surface area is 124 Å². The molecule has 1 saturated heterocycles. The maximum atomic E-state index is 12.1. The van der Waals surface area contributed by atoms with Gasteiger partial charge in [-0.25, -0.2) is 0 Å². The highest BCUT2D eigenvalue weighted by molar-refractivity contribution is 8.01. The molecule has 1 aromatic carbocycles. The Morgan fingerprint density at radius 3 is 3.00 bits per heavy atom. The summed E-state index contributed by atoms with van der Waals surface area (Å²) in [6.45, 7) is 2.95. The van der Waals surface area contributed by atoms with Crippen LogP contribution in [0.25, 0.3) is 0 Å². The average Bonchev–Trinajstić information content (AvgIpc) is 3.04. The van der Waals surface area contributed by atoms with Crippen LogP contribution in [-0.2, 0) is 11.2 Å². The van der Waals surface area contributed by atoms with Crippen LogP contribution in [0.3, 0.4) is 0 Å². The zero-order valence-corrected chi connectivity index (χ0v) is 12.4. The summed E-state index contributed by atoms with van der Waals surface area (Å²) in [6.07, 6.45) is 2.05. The van der Waals surface area contributed by atoms with E-state index < -0.39 is 0 Å². The molecule has 19 heavy (non-hydrogen) atoms. The van der Waals surface area contributed by atoms with Gasteiger partial charge < -0.3 is 10.6 Å². The predicted molar refractivity (Wildman–Crippen MR) is 81.0 cm³/mol. The SMILES string of the molecule is Cl.O=C(NCC1CCNC1)C1Cc2ccccc2S1. The van der Waals surface area contributed by atoms with E-state index in [9.17, 15) is 4.79 Å². The Morgan fingerprint density at radius 2 is 2.26 bits per heavy atom. The molecule has 1 amide bonds. The van der Waals surface area contributed by atoms with Crippen LogP contribution < -0.4 is 10.6 Å². The molecule has 5 heteroatoms. The van der Waals surface area contributed by atoms with Crippen LogP contribution in [0, 0.1) is 5.92 Å². The van der Waals surface area contributed by atoms with E-state index in [1.165, 1.54) is 16.9 Å². The number of nitrogens with one attached hydrogen (secondary N) is 2. The lowest BCUT2D eigenvalue weighted by Gasteiger charge is -2.13. The first-order valence-electron chi connectivity index (χ1n) is 6.56. The lowest BCUT2D eigenvalue weighted by atomic mass is 10.1. The molecule has 2 heterocycles. The summed E-state index contributed by atoms with van der Waals surface area (Å²) in [5.74, 6) is 0.811. The summed E-state index contributed by atoms with van der Waals surface area (Å²) in [4.78, 5) is 13.4. The minimum Gasteiger partial charge on any atom is -0.355 e. The number of carbonyl (C=O) groups is 1. The lowest BCUT2D eigenvalue weighted by Crippen LogP contribution is -2.36. The van der Waals surface area contributed by atoms with Crippen molar-refractivity contribution in [2.75, 3.05) is 19.6 Å². The van der Waals surface area contributed by atoms with Gasteiger partial charge in [-0.1, -0.05) is 18.2 Å². The highest BCUT2D eigenvalue weighted by atomic mass is 35.5. The molecule has 2 N–H and O–H groups in total. The highest BCUT2D eigenvalue weighted by Crippen LogP contribution is 2.36. The molecule has 3 nitrogen and oxygen atoms in total. The Balaban J connectivity index is 0.00000133. The van der Waals surface area contributed by atoms with Gasteiger partial charge in [0.1, 0.15) is 0 Å². The lowest BCUT2D eigenvalue weighted by molar-refractivity contribution is -0.120. The third-order valence-corrected chi connectivity index (χ3v) is 4.98. The van der Waals surface area contributed by atoms with E-state index >= 15 is 0 Å². The van der Waals surface area contributed by atoms with Gasteiger partial charge in [0.2, 0.25) is 5.91 Å². The van der Waals surface area contributed by atoms with Crippen LogP contribution in [0.1, 0.15) is 12.0 Å². The summed E-state index contributed by atoms with van der Waals surface area (Å²) in [5.41, 5.74) is 1.31. The van der Waals surface area contributed by atoms with Gasteiger partial charge in [-0.2, -0.15) is 0 Å². The van der Waals surface area contributed by atoms with Crippen molar-refractivity contribution in [2.45, 2.75) is 23.0 Å². The molecule has 0 spiro atoms.